The summed E-state index contributed by atoms with van der Waals surface area (Å²) < 4.78 is 34.6. The zero-order valence-electron chi connectivity index (χ0n) is 22.4. The van der Waals surface area contributed by atoms with Gasteiger partial charge in [-0.25, -0.2) is 13.5 Å². The van der Waals surface area contributed by atoms with Crippen LogP contribution in [0.5, 0.6) is 0 Å². The summed E-state index contributed by atoms with van der Waals surface area (Å²) in [5.41, 5.74) is 2.38. The largest absolute Gasteiger partial charge is 0.381 e. The number of H-pyrrole nitrogens is 1. The quantitative estimate of drug-likeness (QED) is 0.179. The summed E-state index contributed by atoms with van der Waals surface area (Å²) in [6.45, 7) is 3.46. The second kappa shape index (κ2) is 11.7. The molecule has 11 nitrogen and oxygen atoms in total. The number of aromatic amines is 1. The number of nitrogens with one attached hydrogen (secondary N) is 4. The van der Waals surface area contributed by atoms with Gasteiger partial charge in [0.25, 0.3) is 5.91 Å². The highest BCUT2D eigenvalue weighted by Crippen LogP contribution is 2.30. The van der Waals surface area contributed by atoms with Crippen LogP contribution in [-0.2, 0) is 11.3 Å². The number of carbonyl (C=O) groups excluding carboxylic acids is 1. The fraction of sp³-hybridized carbons (Fsp3) is 0.250. The molecule has 1 saturated heterocycles. The van der Waals surface area contributed by atoms with Gasteiger partial charge in [-0.1, -0.05) is 17.7 Å². The van der Waals surface area contributed by atoms with E-state index in [2.05, 4.69) is 36.2 Å². The first kappa shape index (κ1) is 27.5. The minimum atomic E-state index is -0.805. The lowest BCUT2D eigenvalue weighted by molar-refractivity contribution is 0.0673. The second-order valence-electron chi connectivity index (χ2n) is 9.91. The second-order valence-corrected chi connectivity index (χ2v) is 10.3. The molecule has 0 aliphatic carbocycles. The molecular formula is C28H26ClF2N9O2. The third-order valence-corrected chi connectivity index (χ3v) is 7.12. The van der Waals surface area contributed by atoms with Crippen LogP contribution in [0.3, 0.4) is 0 Å². The summed E-state index contributed by atoms with van der Waals surface area (Å²) in [5, 5.41) is 21.7. The molecule has 3 aromatic heterocycles. The van der Waals surface area contributed by atoms with E-state index in [1.54, 1.807) is 24.4 Å². The highest BCUT2D eigenvalue weighted by molar-refractivity contribution is 6.34. The number of ether oxygens (including phenoxy) is 1. The van der Waals surface area contributed by atoms with Crippen LogP contribution in [0.1, 0.15) is 40.5 Å². The number of amides is 1. The number of nitrogens with zero attached hydrogens (tertiary/aromatic N) is 5. The number of benzene rings is 2. The van der Waals surface area contributed by atoms with Crippen molar-refractivity contribution in [2.75, 3.05) is 29.2 Å². The third kappa shape index (κ3) is 6.02. The molecule has 14 heteroatoms. The molecule has 0 unspecified atom stereocenters. The topological polar surface area (TPSA) is 135 Å². The van der Waals surface area contributed by atoms with E-state index >= 15 is 0 Å². The van der Waals surface area contributed by atoms with Crippen molar-refractivity contribution in [2.45, 2.75) is 32.4 Å². The predicted molar refractivity (Wildman–Crippen MR) is 154 cm³/mol. The molecule has 1 amide bonds. The van der Waals surface area contributed by atoms with E-state index in [1.807, 2.05) is 17.7 Å². The highest BCUT2D eigenvalue weighted by Gasteiger charge is 2.22. The van der Waals surface area contributed by atoms with Gasteiger partial charge in [0, 0.05) is 43.3 Å². The van der Waals surface area contributed by atoms with Crippen LogP contribution in [0.2, 0.25) is 5.02 Å². The fourth-order valence-electron chi connectivity index (χ4n) is 4.76. The van der Waals surface area contributed by atoms with E-state index < -0.39 is 17.5 Å². The van der Waals surface area contributed by atoms with Crippen molar-refractivity contribution in [1.29, 1.82) is 0 Å². The molecule has 216 valence electrons. The molecule has 42 heavy (non-hydrogen) atoms. The Hall–Kier alpha value is -4.62. The van der Waals surface area contributed by atoms with Crippen molar-refractivity contribution in [2.24, 2.45) is 0 Å². The normalized spacial score (nSPS) is 13.8. The van der Waals surface area contributed by atoms with Crippen LogP contribution in [0, 0.1) is 18.6 Å². The zero-order chi connectivity index (χ0) is 29.2. The predicted octanol–water partition coefficient (Wildman–Crippen LogP) is 5.75. The number of carbonyl (C=O) groups is 1. The van der Waals surface area contributed by atoms with Gasteiger partial charge < -0.3 is 20.7 Å². The average molecular weight is 594 g/mol. The Morgan fingerprint density at radius 3 is 2.64 bits per heavy atom. The van der Waals surface area contributed by atoms with Gasteiger partial charge in [-0.15, -0.1) is 0 Å². The van der Waals surface area contributed by atoms with Crippen LogP contribution < -0.4 is 16.0 Å². The molecule has 1 aliphatic heterocycles. The Morgan fingerprint density at radius 2 is 1.90 bits per heavy atom. The first-order valence-electron chi connectivity index (χ1n) is 13.2. The van der Waals surface area contributed by atoms with Gasteiger partial charge in [0.05, 0.1) is 28.2 Å². The number of hydrogen-bond acceptors (Lipinski definition) is 8. The molecule has 5 aromatic rings. The lowest BCUT2D eigenvalue weighted by atomic mass is 10.1. The molecule has 0 saturated carbocycles. The Bertz CT molecular complexity index is 1750. The molecule has 0 atom stereocenters. The molecule has 1 fully saturated rings. The first-order chi connectivity index (χ1) is 20.3. The monoisotopic (exact) mass is 593 g/mol. The van der Waals surface area contributed by atoms with Crippen LogP contribution >= 0.6 is 11.6 Å². The van der Waals surface area contributed by atoms with Crippen LogP contribution in [0.15, 0.2) is 48.7 Å². The van der Waals surface area contributed by atoms with Gasteiger partial charge >= 0.3 is 0 Å². The first-order valence-corrected chi connectivity index (χ1v) is 13.6. The minimum absolute atomic E-state index is 0.0212. The maximum absolute atomic E-state index is 13.6. The van der Waals surface area contributed by atoms with Gasteiger partial charge in [0.2, 0.25) is 5.95 Å². The third-order valence-electron chi connectivity index (χ3n) is 6.79. The van der Waals surface area contributed by atoms with Crippen LogP contribution in [0.25, 0.3) is 11.0 Å². The summed E-state index contributed by atoms with van der Waals surface area (Å²) in [6, 6.07) is 9.70. The summed E-state index contributed by atoms with van der Waals surface area (Å²) in [5.74, 6) is -0.746. The lowest BCUT2D eigenvalue weighted by Crippen LogP contribution is -2.21. The van der Waals surface area contributed by atoms with Crippen molar-refractivity contribution in [3.63, 3.8) is 0 Å². The van der Waals surface area contributed by atoms with Gasteiger partial charge in [0.1, 0.15) is 17.5 Å². The highest BCUT2D eigenvalue weighted by atomic mass is 35.5. The van der Waals surface area contributed by atoms with E-state index in [-0.39, 0.29) is 28.9 Å². The fourth-order valence-corrected chi connectivity index (χ4v) is 4.97. The molecule has 1 aliphatic rings. The maximum atomic E-state index is 13.6. The smallest absolute Gasteiger partial charge is 0.257 e. The van der Waals surface area contributed by atoms with E-state index in [0.29, 0.717) is 42.0 Å². The Morgan fingerprint density at radius 1 is 1.12 bits per heavy atom. The molecular weight excluding hydrogens is 568 g/mol. The average Bonchev–Trinajstić information content (AvgIpc) is 3.58. The lowest BCUT2D eigenvalue weighted by Gasteiger charge is -2.22. The van der Waals surface area contributed by atoms with Crippen molar-refractivity contribution < 1.29 is 18.3 Å². The van der Waals surface area contributed by atoms with Crippen molar-refractivity contribution >= 4 is 51.8 Å². The van der Waals surface area contributed by atoms with Crippen molar-refractivity contribution in [1.82, 2.24) is 29.9 Å². The number of fused-ring (bicyclic) bond motifs is 1. The standard InChI is InChI=1S/C28H26ClF2N9O2/c1-15-8-24(39-38-15)35-25-22-14-33-40(20-4-6-42-7-5-20)26(22)37-28(36-25)32-13-16-2-3-23(29)21(9-16)27(41)34-19-11-17(30)10-18(31)12-19/h2-3,8-12,14,20H,4-7,13H2,1H3,(H,34,41)(H3,32,35,36,37,38,39). The minimum Gasteiger partial charge on any atom is -0.381 e. The van der Waals surface area contributed by atoms with Crippen molar-refractivity contribution in [3.05, 3.63) is 82.1 Å². The van der Waals surface area contributed by atoms with Gasteiger partial charge in [-0.2, -0.15) is 20.2 Å². The number of aryl methyl sites for hydroxylation is 1. The summed E-state index contributed by atoms with van der Waals surface area (Å²) >= 11 is 6.29. The van der Waals surface area contributed by atoms with Crippen LogP contribution in [-0.4, -0.2) is 49.1 Å². The number of anilines is 4. The maximum Gasteiger partial charge on any atom is 0.257 e. The summed E-state index contributed by atoms with van der Waals surface area (Å²) in [4.78, 5) is 22.3. The van der Waals surface area contributed by atoms with Gasteiger partial charge in [-0.3, -0.25) is 9.89 Å². The Labute approximate surface area is 243 Å². The van der Waals surface area contributed by atoms with Crippen LogP contribution in [0.4, 0.5) is 32.1 Å². The Balaban J connectivity index is 1.26. The van der Waals surface area contributed by atoms with E-state index in [4.69, 9.17) is 21.3 Å². The molecule has 2 aromatic carbocycles. The van der Waals surface area contributed by atoms with Gasteiger partial charge in [0.15, 0.2) is 11.5 Å². The molecule has 0 bridgehead atoms. The van der Waals surface area contributed by atoms with E-state index in [9.17, 15) is 13.6 Å². The molecule has 0 spiro atoms. The summed E-state index contributed by atoms with van der Waals surface area (Å²) in [7, 11) is 0. The zero-order valence-corrected chi connectivity index (χ0v) is 23.2. The van der Waals surface area contributed by atoms with E-state index in [0.717, 1.165) is 42.1 Å². The summed E-state index contributed by atoms with van der Waals surface area (Å²) in [6.07, 6.45) is 3.39. The SMILES string of the molecule is Cc1cc(Nc2nc(NCc3ccc(Cl)c(C(=O)Nc4cc(F)cc(F)c4)c3)nc3c2cnn3C2CCOCC2)n[nH]1. The molecule has 0 radical (unpaired) electrons. The molecule has 4 heterocycles. The Kier molecular flexibility index (Phi) is 7.68. The van der Waals surface area contributed by atoms with E-state index in [1.165, 1.54) is 0 Å². The number of hydrogen-bond donors (Lipinski definition) is 4. The number of aromatic nitrogens is 6. The van der Waals surface area contributed by atoms with Crippen molar-refractivity contribution in [3.8, 4) is 0 Å². The molecule has 4 N–H and O–H groups in total. The number of rotatable bonds is 8. The number of halogens is 3. The molecule has 6 rings (SSSR count). The van der Waals surface area contributed by atoms with Gasteiger partial charge in [-0.05, 0) is 49.6 Å².